The summed E-state index contributed by atoms with van der Waals surface area (Å²) < 4.78 is 15.8. The summed E-state index contributed by atoms with van der Waals surface area (Å²) >= 11 is 1.35. The lowest BCUT2D eigenvalue weighted by atomic mass is 10.2. The molecule has 0 aliphatic carbocycles. The fraction of sp³-hybridized carbons (Fsp3) is 0.143. The minimum Gasteiger partial charge on any atom is -0.497 e. The second-order valence-corrected chi connectivity index (χ2v) is 7.11. The van der Waals surface area contributed by atoms with E-state index < -0.39 is 0 Å². The zero-order valence-electron chi connectivity index (χ0n) is 15.6. The van der Waals surface area contributed by atoms with Gasteiger partial charge in [0.05, 0.1) is 31.7 Å². The van der Waals surface area contributed by atoms with E-state index in [0.717, 1.165) is 26.9 Å². The van der Waals surface area contributed by atoms with Crippen molar-refractivity contribution in [1.82, 2.24) is 4.98 Å². The number of hydrogen-bond acceptors (Lipinski definition) is 6. The number of anilines is 1. The number of hydrogen-bond donors (Lipinski definition) is 1. The first kappa shape index (κ1) is 18.1. The van der Waals surface area contributed by atoms with Crippen molar-refractivity contribution in [2.75, 3.05) is 26.6 Å². The Balaban J connectivity index is 1.64. The lowest BCUT2D eigenvalue weighted by molar-refractivity contribution is 0.103. The summed E-state index contributed by atoms with van der Waals surface area (Å²) in [6, 6.07) is 14.9. The summed E-state index contributed by atoms with van der Waals surface area (Å²) in [5.41, 5.74) is 1.46. The van der Waals surface area contributed by atoms with E-state index >= 15 is 0 Å². The molecular formula is C21H18N2O4S. The summed E-state index contributed by atoms with van der Waals surface area (Å²) in [5, 5.41) is 4.82. The fourth-order valence-electron chi connectivity index (χ4n) is 2.95. The SMILES string of the molecule is COc1ccc2cc3cc(C(=O)Nc4ccc(OC)c(OC)c4)sc3nc2c1. The maximum atomic E-state index is 12.7. The molecule has 0 unspecified atom stereocenters. The average molecular weight is 394 g/mol. The first-order chi connectivity index (χ1) is 13.6. The Hall–Kier alpha value is -3.32. The van der Waals surface area contributed by atoms with Crippen molar-refractivity contribution in [2.24, 2.45) is 0 Å². The van der Waals surface area contributed by atoms with E-state index in [1.165, 1.54) is 11.3 Å². The molecule has 0 aliphatic heterocycles. The van der Waals surface area contributed by atoms with Crippen molar-refractivity contribution in [3.63, 3.8) is 0 Å². The van der Waals surface area contributed by atoms with Crippen LogP contribution in [0.2, 0.25) is 0 Å². The molecule has 0 spiro atoms. The molecule has 142 valence electrons. The number of fused-ring (bicyclic) bond motifs is 2. The lowest BCUT2D eigenvalue weighted by Crippen LogP contribution is -2.10. The van der Waals surface area contributed by atoms with E-state index in [1.807, 2.05) is 30.3 Å². The summed E-state index contributed by atoms with van der Waals surface area (Å²) in [5.74, 6) is 1.71. The predicted octanol–water partition coefficient (Wildman–Crippen LogP) is 4.73. The molecule has 2 aromatic carbocycles. The molecule has 2 heterocycles. The monoisotopic (exact) mass is 394 g/mol. The number of thiophene rings is 1. The molecule has 6 nitrogen and oxygen atoms in total. The second kappa shape index (κ2) is 7.36. The van der Waals surface area contributed by atoms with E-state index in [4.69, 9.17) is 14.2 Å². The van der Waals surface area contributed by atoms with Gasteiger partial charge in [-0.25, -0.2) is 4.98 Å². The van der Waals surface area contributed by atoms with Gasteiger partial charge in [-0.2, -0.15) is 0 Å². The highest BCUT2D eigenvalue weighted by atomic mass is 32.1. The Bertz CT molecular complexity index is 1190. The third kappa shape index (κ3) is 3.32. The zero-order chi connectivity index (χ0) is 19.7. The third-order valence-electron chi connectivity index (χ3n) is 4.38. The van der Waals surface area contributed by atoms with Gasteiger partial charge in [0.25, 0.3) is 5.91 Å². The first-order valence-corrected chi connectivity index (χ1v) is 9.34. The number of pyridine rings is 1. The maximum Gasteiger partial charge on any atom is 0.265 e. The molecule has 0 bridgehead atoms. The minimum atomic E-state index is -0.197. The molecule has 1 N–H and O–H groups in total. The molecule has 0 saturated carbocycles. The van der Waals surface area contributed by atoms with Crippen LogP contribution in [0.15, 0.2) is 48.5 Å². The van der Waals surface area contributed by atoms with E-state index in [1.54, 1.807) is 39.5 Å². The summed E-state index contributed by atoms with van der Waals surface area (Å²) in [6.07, 6.45) is 0. The standard InChI is InChI=1S/C21H18N2O4S/c1-25-15-6-4-12-8-13-9-19(28-21(13)23-16(12)11-15)20(24)22-14-5-7-17(26-2)18(10-14)27-3/h4-11H,1-3H3,(H,22,24). The van der Waals surface area contributed by atoms with Gasteiger partial charge in [0.15, 0.2) is 11.5 Å². The predicted molar refractivity (Wildman–Crippen MR) is 111 cm³/mol. The zero-order valence-corrected chi connectivity index (χ0v) is 16.4. The number of nitrogens with one attached hydrogen (secondary N) is 1. The van der Waals surface area contributed by atoms with Crippen LogP contribution in [0.5, 0.6) is 17.2 Å². The number of amides is 1. The molecule has 2 aromatic heterocycles. The summed E-state index contributed by atoms with van der Waals surface area (Å²) in [7, 11) is 4.75. The van der Waals surface area contributed by atoms with Gasteiger partial charge in [-0.3, -0.25) is 4.79 Å². The number of carbonyl (C=O) groups is 1. The average Bonchev–Trinajstić information content (AvgIpc) is 3.14. The van der Waals surface area contributed by atoms with Gasteiger partial charge in [-0.1, -0.05) is 0 Å². The molecule has 0 saturated heterocycles. The highest BCUT2D eigenvalue weighted by Crippen LogP contribution is 2.32. The molecule has 0 aliphatic rings. The van der Waals surface area contributed by atoms with Gasteiger partial charge < -0.3 is 19.5 Å². The van der Waals surface area contributed by atoms with E-state index in [0.29, 0.717) is 22.1 Å². The third-order valence-corrected chi connectivity index (χ3v) is 5.42. The van der Waals surface area contributed by atoms with E-state index in [2.05, 4.69) is 10.3 Å². The van der Waals surface area contributed by atoms with Crippen LogP contribution in [0.1, 0.15) is 9.67 Å². The molecule has 0 fully saturated rings. The number of aromatic nitrogens is 1. The molecule has 4 aromatic rings. The van der Waals surface area contributed by atoms with Crippen molar-refractivity contribution >= 4 is 44.1 Å². The topological polar surface area (TPSA) is 69.7 Å². The molecule has 4 rings (SSSR count). The number of methoxy groups -OCH3 is 3. The molecule has 0 radical (unpaired) electrons. The van der Waals surface area contributed by atoms with Crippen LogP contribution in [0, 0.1) is 0 Å². The lowest BCUT2D eigenvalue weighted by Gasteiger charge is -2.10. The van der Waals surface area contributed by atoms with E-state index in [-0.39, 0.29) is 5.91 Å². The van der Waals surface area contributed by atoms with Crippen LogP contribution >= 0.6 is 11.3 Å². The van der Waals surface area contributed by atoms with Crippen LogP contribution in [-0.4, -0.2) is 32.2 Å². The number of carbonyl (C=O) groups excluding carboxylic acids is 1. The van der Waals surface area contributed by atoms with Gasteiger partial charge in [-0.15, -0.1) is 11.3 Å². The number of rotatable bonds is 5. The Labute approximate surface area is 165 Å². The molecule has 1 amide bonds. The minimum absolute atomic E-state index is 0.197. The number of benzene rings is 2. The largest absolute Gasteiger partial charge is 0.497 e. The van der Waals surface area contributed by atoms with Crippen LogP contribution in [-0.2, 0) is 0 Å². The Morgan fingerprint density at radius 1 is 0.893 bits per heavy atom. The van der Waals surface area contributed by atoms with Crippen LogP contribution in [0.4, 0.5) is 5.69 Å². The Morgan fingerprint density at radius 2 is 1.71 bits per heavy atom. The van der Waals surface area contributed by atoms with Crippen LogP contribution in [0.25, 0.3) is 21.1 Å². The van der Waals surface area contributed by atoms with E-state index in [9.17, 15) is 4.79 Å². The normalized spacial score (nSPS) is 10.8. The summed E-state index contributed by atoms with van der Waals surface area (Å²) in [4.78, 5) is 18.8. The molecular weight excluding hydrogens is 376 g/mol. The van der Waals surface area contributed by atoms with Crippen molar-refractivity contribution in [3.8, 4) is 17.2 Å². The van der Waals surface area contributed by atoms with Gasteiger partial charge in [0.2, 0.25) is 0 Å². The quantitative estimate of drug-likeness (QED) is 0.530. The number of nitrogens with zero attached hydrogens (tertiary/aromatic N) is 1. The second-order valence-electron chi connectivity index (χ2n) is 6.08. The smallest absolute Gasteiger partial charge is 0.265 e. The molecule has 28 heavy (non-hydrogen) atoms. The fourth-order valence-corrected chi connectivity index (χ4v) is 3.87. The first-order valence-electron chi connectivity index (χ1n) is 8.53. The van der Waals surface area contributed by atoms with Crippen molar-refractivity contribution in [1.29, 1.82) is 0 Å². The number of ether oxygens (including phenoxy) is 3. The van der Waals surface area contributed by atoms with Crippen LogP contribution < -0.4 is 19.5 Å². The Kier molecular flexibility index (Phi) is 4.75. The highest BCUT2D eigenvalue weighted by molar-refractivity contribution is 7.20. The molecule has 7 heteroatoms. The van der Waals surface area contributed by atoms with Gasteiger partial charge in [0, 0.05) is 28.6 Å². The van der Waals surface area contributed by atoms with Crippen molar-refractivity contribution in [2.45, 2.75) is 0 Å². The highest BCUT2D eigenvalue weighted by Gasteiger charge is 2.14. The summed E-state index contributed by atoms with van der Waals surface area (Å²) in [6.45, 7) is 0. The van der Waals surface area contributed by atoms with Crippen molar-refractivity contribution in [3.05, 3.63) is 53.4 Å². The maximum absolute atomic E-state index is 12.7. The Morgan fingerprint density at radius 3 is 2.46 bits per heavy atom. The van der Waals surface area contributed by atoms with Gasteiger partial charge in [0.1, 0.15) is 10.6 Å². The van der Waals surface area contributed by atoms with Gasteiger partial charge >= 0.3 is 0 Å². The molecule has 0 atom stereocenters. The van der Waals surface area contributed by atoms with Gasteiger partial charge in [-0.05, 0) is 36.4 Å². The van der Waals surface area contributed by atoms with Crippen LogP contribution in [0.3, 0.4) is 0 Å². The van der Waals surface area contributed by atoms with Crippen molar-refractivity contribution < 1.29 is 19.0 Å².